The zero-order valence-electron chi connectivity index (χ0n) is 20.5. The van der Waals surface area contributed by atoms with Crippen molar-refractivity contribution >= 4 is 38.7 Å². The van der Waals surface area contributed by atoms with E-state index in [9.17, 15) is 13.2 Å². The highest BCUT2D eigenvalue weighted by atomic mass is 32.2. The number of nitrogens with one attached hydrogen (secondary N) is 2. The average molecular weight is 531 g/mol. The number of carbonyl (C=O) groups is 1. The number of carbonyl (C=O) groups excluding carboxylic acids is 1. The fourth-order valence-electron chi connectivity index (χ4n) is 4.77. The number of rotatable bonds is 6. The molecule has 6 rings (SSSR count). The van der Waals surface area contributed by atoms with E-state index >= 15 is 0 Å². The van der Waals surface area contributed by atoms with Crippen LogP contribution in [0.25, 0.3) is 17.1 Å². The van der Waals surface area contributed by atoms with E-state index < -0.39 is 10.0 Å². The Morgan fingerprint density at radius 1 is 1.00 bits per heavy atom. The van der Waals surface area contributed by atoms with Crippen LogP contribution >= 0.6 is 0 Å². The molecule has 3 heterocycles. The van der Waals surface area contributed by atoms with Crippen LogP contribution < -0.4 is 14.8 Å². The molecule has 4 aromatic rings. The van der Waals surface area contributed by atoms with Gasteiger partial charge >= 0.3 is 0 Å². The number of para-hydroxylation sites is 2. The number of hydrogen-bond donors (Lipinski definition) is 2. The summed E-state index contributed by atoms with van der Waals surface area (Å²) in [6.45, 7) is 1.04. The summed E-state index contributed by atoms with van der Waals surface area (Å²) in [4.78, 5) is 20.6. The van der Waals surface area contributed by atoms with Gasteiger partial charge in [-0.15, -0.1) is 0 Å². The molecule has 1 fully saturated rings. The molecule has 0 aliphatic carbocycles. The SMILES string of the molecule is O=C(/C=C/c1ccc2c(c1)OCO2)Nc1ccc(S(=O)(=O)N2CCC(c3nc4ccccc4[nH]3)CC2)cc1. The van der Waals surface area contributed by atoms with Crippen molar-refractivity contribution in [2.45, 2.75) is 23.7 Å². The second kappa shape index (κ2) is 9.96. The van der Waals surface area contributed by atoms with E-state index in [0.717, 1.165) is 22.4 Å². The molecule has 3 aromatic carbocycles. The number of nitrogens with zero attached hydrogens (tertiary/aromatic N) is 2. The molecule has 9 nitrogen and oxygen atoms in total. The Morgan fingerprint density at radius 2 is 1.76 bits per heavy atom. The summed E-state index contributed by atoms with van der Waals surface area (Å²) in [6, 6.07) is 19.5. The average Bonchev–Trinajstić information content (AvgIpc) is 3.59. The molecule has 1 aromatic heterocycles. The standard InChI is InChI=1S/C28H26N4O5S/c33-27(12-6-19-5-11-25-26(17-19)37-18-36-25)29-21-7-9-22(10-8-21)38(34,35)32-15-13-20(14-16-32)28-30-23-3-1-2-4-24(23)31-28/h1-12,17,20H,13-16,18H2,(H,29,33)(H,30,31)/b12-6+. The summed E-state index contributed by atoms with van der Waals surface area (Å²) in [5, 5.41) is 2.76. The van der Waals surface area contributed by atoms with Crippen LogP contribution in [-0.2, 0) is 14.8 Å². The summed E-state index contributed by atoms with van der Waals surface area (Å²) in [6.07, 6.45) is 4.48. The van der Waals surface area contributed by atoms with E-state index in [0.29, 0.717) is 43.1 Å². The number of H-pyrrole nitrogens is 1. The van der Waals surface area contributed by atoms with Gasteiger partial charge in [-0.3, -0.25) is 4.79 Å². The number of imidazole rings is 1. The predicted molar refractivity (Wildman–Crippen MR) is 143 cm³/mol. The number of hydrogen-bond acceptors (Lipinski definition) is 6. The lowest BCUT2D eigenvalue weighted by molar-refractivity contribution is -0.111. The number of fused-ring (bicyclic) bond motifs is 2. The van der Waals surface area contributed by atoms with Gasteiger partial charge in [0.1, 0.15) is 5.82 Å². The quantitative estimate of drug-likeness (QED) is 0.355. The van der Waals surface area contributed by atoms with E-state index in [1.54, 1.807) is 30.3 Å². The zero-order chi connectivity index (χ0) is 26.1. The fraction of sp³-hybridized carbons (Fsp3) is 0.214. The van der Waals surface area contributed by atoms with Gasteiger partial charge in [-0.05, 0) is 73.0 Å². The van der Waals surface area contributed by atoms with Crippen molar-refractivity contribution < 1.29 is 22.7 Å². The molecule has 1 amide bonds. The minimum absolute atomic E-state index is 0.190. The largest absolute Gasteiger partial charge is 0.454 e. The monoisotopic (exact) mass is 530 g/mol. The normalized spacial score (nSPS) is 16.3. The Kier molecular flexibility index (Phi) is 6.34. The van der Waals surface area contributed by atoms with Crippen molar-refractivity contribution in [2.75, 3.05) is 25.2 Å². The van der Waals surface area contributed by atoms with E-state index in [1.807, 2.05) is 30.3 Å². The first kappa shape index (κ1) is 24.2. The van der Waals surface area contributed by atoms with Crippen LogP contribution in [0.5, 0.6) is 11.5 Å². The topological polar surface area (TPSA) is 114 Å². The highest BCUT2D eigenvalue weighted by molar-refractivity contribution is 7.89. The number of amides is 1. The molecule has 2 N–H and O–H groups in total. The van der Waals surface area contributed by atoms with Crippen molar-refractivity contribution in [3.05, 3.63) is 84.2 Å². The van der Waals surface area contributed by atoms with Crippen LogP contribution in [-0.4, -0.2) is 48.5 Å². The van der Waals surface area contributed by atoms with Crippen molar-refractivity contribution in [1.29, 1.82) is 0 Å². The highest BCUT2D eigenvalue weighted by Crippen LogP contribution is 2.33. The third-order valence-electron chi connectivity index (χ3n) is 6.83. The number of sulfonamides is 1. The second-order valence-electron chi connectivity index (χ2n) is 9.28. The lowest BCUT2D eigenvalue weighted by Gasteiger charge is -2.30. The molecule has 0 radical (unpaired) electrons. The van der Waals surface area contributed by atoms with E-state index in [-0.39, 0.29) is 23.5 Å². The molecule has 0 bridgehead atoms. The molecule has 2 aliphatic rings. The first-order valence-electron chi connectivity index (χ1n) is 12.4. The Morgan fingerprint density at radius 3 is 2.55 bits per heavy atom. The first-order valence-corrected chi connectivity index (χ1v) is 13.8. The molecular formula is C28H26N4O5S. The van der Waals surface area contributed by atoms with E-state index in [1.165, 1.54) is 22.5 Å². The van der Waals surface area contributed by atoms with E-state index in [2.05, 4.69) is 15.3 Å². The van der Waals surface area contributed by atoms with Gasteiger partial charge in [0.25, 0.3) is 0 Å². The molecule has 0 atom stereocenters. The number of ether oxygens (including phenoxy) is 2. The van der Waals surface area contributed by atoms with Gasteiger partial charge in [-0.2, -0.15) is 4.31 Å². The van der Waals surface area contributed by atoms with Crippen molar-refractivity contribution in [3.8, 4) is 11.5 Å². The van der Waals surface area contributed by atoms with Crippen LogP contribution in [0, 0.1) is 0 Å². The summed E-state index contributed by atoms with van der Waals surface area (Å²) in [5.74, 6) is 2.10. The summed E-state index contributed by atoms with van der Waals surface area (Å²) < 4.78 is 38.6. The van der Waals surface area contributed by atoms with E-state index in [4.69, 9.17) is 9.47 Å². The van der Waals surface area contributed by atoms with Crippen molar-refractivity contribution in [1.82, 2.24) is 14.3 Å². The summed E-state index contributed by atoms with van der Waals surface area (Å²) in [5.41, 5.74) is 3.23. The molecule has 194 valence electrons. The second-order valence-corrected chi connectivity index (χ2v) is 11.2. The zero-order valence-corrected chi connectivity index (χ0v) is 21.3. The third-order valence-corrected chi connectivity index (χ3v) is 8.74. The number of aromatic amines is 1. The van der Waals surface area contributed by atoms with Gasteiger partial charge in [0, 0.05) is 30.8 Å². The Bertz CT molecular complexity index is 1590. The number of benzene rings is 3. The van der Waals surface area contributed by atoms with Gasteiger partial charge in [-0.1, -0.05) is 18.2 Å². The molecule has 1 saturated heterocycles. The molecule has 0 unspecified atom stereocenters. The van der Waals surface area contributed by atoms with Crippen molar-refractivity contribution in [3.63, 3.8) is 0 Å². The number of aromatic nitrogens is 2. The van der Waals surface area contributed by atoms with Gasteiger partial charge in [0.2, 0.25) is 22.7 Å². The fourth-order valence-corrected chi connectivity index (χ4v) is 6.24. The van der Waals surface area contributed by atoms with Gasteiger partial charge < -0.3 is 19.8 Å². The Labute approximate surface area is 220 Å². The lowest BCUT2D eigenvalue weighted by Crippen LogP contribution is -2.38. The minimum atomic E-state index is -3.63. The smallest absolute Gasteiger partial charge is 0.248 e. The molecule has 10 heteroatoms. The van der Waals surface area contributed by atoms with Crippen LogP contribution in [0.2, 0.25) is 0 Å². The molecule has 2 aliphatic heterocycles. The minimum Gasteiger partial charge on any atom is -0.454 e. The van der Waals surface area contributed by atoms with Gasteiger partial charge in [0.05, 0.1) is 15.9 Å². The maximum absolute atomic E-state index is 13.2. The van der Waals surface area contributed by atoms with Crippen LogP contribution in [0.15, 0.2) is 77.7 Å². The number of piperidine rings is 1. The van der Waals surface area contributed by atoms with Crippen LogP contribution in [0.4, 0.5) is 5.69 Å². The Balaban J connectivity index is 1.06. The van der Waals surface area contributed by atoms with Crippen LogP contribution in [0.1, 0.15) is 30.1 Å². The maximum Gasteiger partial charge on any atom is 0.248 e. The lowest BCUT2D eigenvalue weighted by atomic mass is 9.97. The third kappa shape index (κ3) is 4.88. The molecular weight excluding hydrogens is 504 g/mol. The summed E-state index contributed by atoms with van der Waals surface area (Å²) in [7, 11) is -3.63. The first-order chi connectivity index (χ1) is 18.5. The summed E-state index contributed by atoms with van der Waals surface area (Å²) >= 11 is 0. The van der Waals surface area contributed by atoms with Crippen molar-refractivity contribution in [2.24, 2.45) is 0 Å². The molecule has 38 heavy (non-hydrogen) atoms. The highest BCUT2D eigenvalue weighted by Gasteiger charge is 2.31. The van der Waals surface area contributed by atoms with Crippen LogP contribution in [0.3, 0.4) is 0 Å². The predicted octanol–water partition coefficient (Wildman–Crippen LogP) is 4.51. The molecule has 0 saturated carbocycles. The number of anilines is 1. The maximum atomic E-state index is 13.2. The van der Waals surface area contributed by atoms with Gasteiger partial charge in [-0.25, -0.2) is 13.4 Å². The Hall–Kier alpha value is -4.15. The molecule has 0 spiro atoms. The van der Waals surface area contributed by atoms with Gasteiger partial charge in [0.15, 0.2) is 11.5 Å².